The molecule has 0 saturated carbocycles. The van der Waals surface area contributed by atoms with Crippen molar-refractivity contribution in [3.8, 4) is 6.07 Å². The van der Waals surface area contributed by atoms with E-state index in [0.717, 1.165) is 4.31 Å². The first-order valence-corrected chi connectivity index (χ1v) is 13.6. The number of esters is 1. The van der Waals surface area contributed by atoms with Gasteiger partial charge < -0.3 is 19.8 Å². The van der Waals surface area contributed by atoms with Crippen molar-refractivity contribution in [1.82, 2.24) is 19.1 Å². The number of H-pyrrole nitrogens is 1. The van der Waals surface area contributed by atoms with Gasteiger partial charge in [-0.25, -0.2) is 8.42 Å². The molecule has 1 saturated heterocycles. The zero-order valence-corrected chi connectivity index (χ0v) is 22.0. The van der Waals surface area contributed by atoms with Crippen LogP contribution in [0.3, 0.4) is 0 Å². The van der Waals surface area contributed by atoms with E-state index in [4.69, 9.17) is 9.47 Å². The molecule has 2 aromatic heterocycles. The summed E-state index contributed by atoms with van der Waals surface area (Å²) in [4.78, 5) is 27.8. The number of hydrogen-bond donors (Lipinski definition) is 2. The fourth-order valence-corrected chi connectivity index (χ4v) is 6.35. The van der Waals surface area contributed by atoms with Crippen molar-refractivity contribution in [2.24, 2.45) is 5.92 Å². The summed E-state index contributed by atoms with van der Waals surface area (Å²) < 4.78 is 39.6. The summed E-state index contributed by atoms with van der Waals surface area (Å²) in [7, 11) is -3.86. The summed E-state index contributed by atoms with van der Waals surface area (Å²) in [5.74, 6) is -0.679. The van der Waals surface area contributed by atoms with Crippen LogP contribution in [0.15, 0.2) is 40.2 Å². The molecule has 1 unspecified atom stereocenters. The summed E-state index contributed by atoms with van der Waals surface area (Å²) in [6.45, 7) is 5.54. The Labute approximate surface area is 219 Å². The molecule has 2 aliphatic rings. The van der Waals surface area contributed by atoms with Crippen LogP contribution in [0.5, 0.6) is 0 Å². The highest BCUT2D eigenvalue weighted by Crippen LogP contribution is 2.35. The van der Waals surface area contributed by atoms with Gasteiger partial charge >= 0.3 is 5.97 Å². The van der Waals surface area contributed by atoms with Gasteiger partial charge in [-0.05, 0) is 57.0 Å². The van der Waals surface area contributed by atoms with Crippen molar-refractivity contribution < 1.29 is 22.7 Å². The van der Waals surface area contributed by atoms with Gasteiger partial charge in [0.05, 0.1) is 35.0 Å². The number of carbonyl (C=O) groups is 1. The van der Waals surface area contributed by atoms with Crippen molar-refractivity contribution in [3.63, 3.8) is 0 Å². The topological polar surface area (TPSA) is 159 Å². The van der Waals surface area contributed by atoms with Crippen LogP contribution in [0.1, 0.15) is 38.8 Å². The predicted molar refractivity (Wildman–Crippen MR) is 137 cm³/mol. The first-order valence-electron chi connectivity index (χ1n) is 12.2. The third kappa shape index (κ3) is 4.78. The van der Waals surface area contributed by atoms with E-state index in [1.165, 1.54) is 12.3 Å². The van der Waals surface area contributed by atoms with Gasteiger partial charge in [-0.2, -0.15) is 14.7 Å². The number of carbonyl (C=O) groups excluding carboxylic acids is 1. The van der Waals surface area contributed by atoms with Crippen molar-refractivity contribution in [1.29, 1.82) is 5.26 Å². The Morgan fingerprint density at radius 1 is 1.34 bits per heavy atom. The van der Waals surface area contributed by atoms with Crippen molar-refractivity contribution in [3.05, 3.63) is 46.4 Å². The smallest absolute Gasteiger partial charge is 0.321 e. The maximum atomic E-state index is 13.0. The molecule has 13 heteroatoms. The highest BCUT2D eigenvalue weighted by Gasteiger charge is 2.37. The van der Waals surface area contributed by atoms with Gasteiger partial charge in [0.2, 0.25) is 10.0 Å². The molecule has 4 heterocycles. The summed E-state index contributed by atoms with van der Waals surface area (Å²) in [5.41, 5.74) is 0.491. The third-order valence-electron chi connectivity index (χ3n) is 6.45. The van der Waals surface area contributed by atoms with Crippen LogP contribution >= 0.6 is 0 Å². The predicted octanol–water partition coefficient (Wildman–Crippen LogP) is 2.42. The SMILES string of the molecule is CC(C)(C)OC(=O)CN1Cc2cc(Nc3nn([C@H]4COCCC4C#N)c4cc[nH]c(=O)c34)ccc2S1(=O)=O. The van der Waals surface area contributed by atoms with E-state index >= 15 is 0 Å². The Morgan fingerprint density at radius 3 is 2.87 bits per heavy atom. The van der Waals surface area contributed by atoms with E-state index in [1.54, 1.807) is 43.7 Å². The Hall–Kier alpha value is -3.73. The minimum Gasteiger partial charge on any atom is -0.459 e. The molecule has 3 aromatic rings. The number of aromatic nitrogens is 3. The van der Waals surface area contributed by atoms with Gasteiger partial charge in [0, 0.05) is 25.0 Å². The number of fused-ring (bicyclic) bond motifs is 2. The molecule has 2 N–H and O–H groups in total. The first kappa shape index (κ1) is 25.9. The number of nitrogens with one attached hydrogen (secondary N) is 2. The maximum absolute atomic E-state index is 13.0. The second-order valence-electron chi connectivity index (χ2n) is 10.3. The Kier molecular flexibility index (Phi) is 6.50. The molecule has 2 aliphatic heterocycles. The molecule has 0 spiro atoms. The number of nitriles is 1. The van der Waals surface area contributed by atoms with E-state index in [2.05, 4.69) is 21.5 Å². The lowest BCUT2D eigenvalue weighted by molar-refractivity contribution is -0.155. The minimum atomic E-state index is -3.86. The lowest BCUT2D eigenvalue weighted by atomic mass is 9.96. The van der Waals surface area contributed by atoms with E-state index in [0.29, 0.717) is 41.8 Å². The Balaban J connectivity index is 1.45. The molecule has 38 heavy (non-hydrogen) atoms. The van der Waals surface area contributed by atoms with Crippen molar-refractivity contribution in [2.45, 2.75) is 50.3 Å². The summed E-state index contributed by atoms with van der Waals surface area (Å²) in [6.07, 6.45) is 2.09. The molecule has 1 aromatic carbocycles. The molecule has 12 nitrogen and oxygen atoms in total. The van der Waals surface area contributed by atoms with E-state index < -0.39 is 28.1 Å². The number of ether oxygens (including phenoxy) is 2. The van der Waals surface area contributed by atoms with Gasteiger partial charge in [-0.15, -0.1) is 0 Å². The quantitative estimate of drug-likeness (QED) is 0.463. The van der Waals surface area contributed by atoms with Gasteiger partial charge in [-0.3, -0.25) is 14.3 Å². The van der Waals surface area contributed by atoms with Crippen LogP contribution in [-0.4, -0.2) is 58.8 Å². The zero-order chi connectivity index (χ0) is 27.2. The van der Waals surface area contributed by atoms with Crippen LogP contribution in [0.4, 0.5) is 11.5 Å². The van der Waals surface area contributed by atoms with Crippen LogP contribution in [0, 0.1) is 17.2 Å². The fourth-order valence-electron chi connectivity index (χ4n) is 4.80. The lowest BCUT2D eigenvalue weighted by Crippen LogP contribution is -2.35. The Bertz CT molecular complexity index is 1610. The molecule has 2 atom stereocenters. The van der Waals surface area contributed by atoms with Gasteiger partial charge in [0.15, 0.2) is 5.82 Å². The maximum Gasteiger partial charge on any atom is 0.321 e. The van der Waals surface area contributed by atoms with Gasteiger partial charge in [0.1, 0.15) is 17.5 Å². The normalized spacial score (nSPS) is 21.1. The Morgan fingerprint density at radius 2 is 2.13 bits per heavy atom. The summed E-state index contributed by atoms with van der Waals surface area (Å²) in [6, 6.07) is 8.38. The summed E-state index contributed by atoms with van der Waals surface area (Å²) in [5, 5.41) is 17.7. The van der Waals surface area contributed by atoms with E-state index in [-0.39, 0.29) is 34.8 Å². The average Bonchev–Trinajstić information content (AvgIpc) is 3.32. The monoisotopic (exact) mass is 540 g/mol. The second kappa shape index (κ2) is 9.54. The van der Waals surface area contributed by atoms with Crippen LogP contribution in [-0.2, 0) is 30.8 Å². The molecule has 5 rings (SSSR count). The summed E-state index contributed by atoms with van der Waals surface area (Å²) >= 11 is 0. The molecule has 0 aliphatic carbocycles. The van der Waals surface area contributed by atoms with Crippen LogP contribution < -0.4 is 10.9 Å². The number of aromatic amines is 1. The number of rotatable bonds is 5. The van der Waals surface area contributed by atoms with Crippen LogP contribution in [0.2, 0.25) is 0 Å². The first-order chi connectivity index (χ1) is 18.0. The molecular formula is C25H28N6O6S. The number of pyridine rings is 1. The molecule has 1 fully saturated rings. The van der Waals surface area contributed by atoms with Crippen molar-refractivity contribution in [2.75, 3.05) is 25.1 Å². The highest BCUT2D eigenvalue weighted by molar-refractivity contribution is 7.89. The van der Waals surface area contributed by atoms with E-state index in [1.807, 2.05) is 0 Å². The average molecular weight is 541 g/mol. The van der Waals surface area contributed by atoms with E-state index in [9.17, 15) is 23.3 Å². The number of nitrogens with zero attached hydrogens (tertiary/aromatic N) is 4. The lowest BCUT2D eigenvalue weighted by Gasteiger charge is -2.27. The molecule has 0 amide bonds. The third-order valence-corrected chi connectivity index (χ3v) is 8.34. The fraction of sp³-hybridized carbons (Fsp3) is 0.440. The molecule has 200 valence electrons. The standard InChI is InChI=1S/C25H28N6O6S/c1-25(2,3)37-21(32)13-30-12-16-10-17(4-5-20(16)38(30,34)35)28-23-22-18(6-8-27-24(22)33)31(29-23)19-14-36-9-7-15(19)11-26/h4-6,8,10,15,19H,7,9,12-14H2,1-3H3,(H,27,33)(H,28,29)/t15?,19-/m0/s1. The molecule has 0 bridgehead atoms. The second-order valence-corrected chi connectivity index (χ2v) is 12.2. The zero-order valence-electron chi connectivity index (χ0n) is 21.2. The molecule has 0 radical (unpaired) electrons. The van der Waals surface area contributed by atoms with Gasteiger partial charge in [0.25, 0.3) is 5.56 Å². The van der Waals surface area contributed by atoms with Gasteiger partial charge in [-0.1, -0.05) is 0 Å². The van der Waals surface area contributed by atoms with Crippen molar-refractivity contribution >= 4 is 38.4 Å². The minimum absolute atomic E-state index is 0.00542. The highest BCUT2D eigenvalue weighted by atomic mass is 32.2. The number of sulfonamides is 1. The largest absolute Gasteiger partial charge is 0.459 e. The number of benzene rings is 1. The molecular weight excluding hydrogens is 512 g/mol. The number of anilines is 2. The number of hydrogen-bond acceptors (Lipinski definition) is 9. The van der Waals surface area contributed by atoms with Crippen LogP contribution in [0.25, 0.3) is 10.9 Å².